The third kappa shape index (κ3) is 2.62. The number of carbonyl (C=O) groups is 2. The van der Waals surface area contributed by atoms with Crippen LogP contribution in [0.4, 0.5) is 4.79 Å². The first-order valence-electron chi connectivity index (χ1n) is 4.82. The Morgan fingerprint density at radius 1 is 1.67 bits per heavy atom. The lowest BCUT2D eigenvalue weighted by Crippen LogP contribution is -2.57. The fraction of sp³-hybridized carbons (Fsp3) is 0.600. The summed E-state index contributed by atoms with van der Waals surface area (Å²) in [5, 5.41) is 11.3. The molecular formula is C10H14N2O3. The standard InChI is InChI=1S/C10H14N2O3/c1-3-8(4-2)11-10(15)12-5-7(6-12)9(13)14/h1,7-8H,4-6H2,2H3,(H,11,15)(H,13,14). The summed E-state index contributed by atoms with van der Waals surface area (Å²) in [5.41, 5.74) is 0. The topological polar surface area (TPSA) is 69.6 Å². The Hall–Kier alpha value is -1.70. The molecule has 0 spiro atoms. The first-order chi connectivity index (χ1) is 7.08. The molecule has 1 fully saturated rings. The van der Waals surface area contributed by atoms with Crippen LogP contribution in [0.15, 0.2) is 0 Å². The second-order valence-electron chi connectivity index (χ2n) is 3.52. The summed E-state index contributed by atoms with van der Waals surface area (Å²) in [5.74, 6) is 1.16. The summed E-state index contributed by atoms with van der Waals surface area (Å²) in [4.78, 5) is 23.4. The van der Waals surface area contributed by atoms with Crippen LogP contribution in [-0.2, 0) is 4.79 Å². The van der Waals surface area contributed by atoms with Crippen LogP contribution in [-0.4, -0.2) is 41.1 Å². The summed E-state index contributed by atoms with van der Waals surface area (Å²) >= 11 is 0. The number of nitrogens with zero attached hydrogens (tertiary/aromatic N) is 1. The van der Waals surface area contributed by atoms with Crippen molar-refractivity contribution in [3.63, 3.8) is 0 Å². The predicted molar refractivity (Wildman–Crippen MR) is 54.1 cm³/mol. The third-order valence-corrected chi connectivity index (χ3v) is 2.43. The fourth-order valence-corrected chi connectivity index (χ4v) is 1.30. The highest BCUT2D eigenvalue weighted by molar-refractivity contribution is 5.80. The largest absolute Gasteiger partial charge is 0.481 e. The maximum absolute atomic E-state index is 11.4. The van der Waals surface area contributed by atoms with Crippen molar-refractivity contribution < 1.29 is 14.7 Å². The maximum Gasteiger partial charge on any atom is 0.318 e. The van der Waals surface area contributed by atoms with Crippen molar-refractivity contribution in [1.29, 1.82) is 0 Å². The van der Waals surface area contributed by atoms with Gasteiger partial charge in [-0.2, -0.15) is 0 Å². The number of terminal acetylenes is 1. The molecule has 0 aromatic rings. The first kappa shape index (κ1) is 11.4. The van der Waals surface area contributed by atoms with Crippen molar-refractivity contribution in [3.05, 3.63) is 0 Å². The Morgan fingerprint density at radius 2 is 2.27 bits per heavy atom. The molecule has 1 saturated heterocycles. The highest BCUT2D eigenvalue weighted by Gasteiger charge is 2.35. The number of rotatable bonds is 3. The number of hydrogen-bond acceptors (Lipinski definition) is 2. The van der Waals surface area contributed by atoms with Gasteiger partial charge in [0.05, 0.1) is 12.0 Å². The van der Waals surface area contributed by atoms with E-state index in [2.05, 4.69) is 11.2 Å². The molecule has 1 aliphatic heterocycles. The zero-order valence-corrected chi connectivity index (χ0v) is 8.56. The van der Waals surface area contributed by atoms with Crippen LogP contribution in [0.3, 0.4) is 0 Å². The van der Waals surface area contributed by atoms with E-state index in [4.69, 9.17) is 11.5 Å². The smallest absolute Gasteiger partial charge is 0.318 e. The lowest BCUT2D eigenvalue weighted by molar-refractivity contribution is -0.146. The number of urea groups is 1. The Labute approximate surface area is 88.4 Å². The van der Waals surface area contributed by atoms with Crippen molar-refractivity contribution in [2.24, 2.45) is 5.92 Å². The van der Waals surface area contributed by atoms with Gasteiger partial charge in [-0.25, -0.2) is 4.79 Å². The van der Waals surface area contributed by atoms with Crippen LogP contribution in [0.1, 0.15) is 13.3 Å². The van der Waals surface area contributed by atoms with Gasteiger partial charge in [-0.15, -0.1) is 6.42 Å². The lowest BCUT2D eigenvalue weighted by atomic mass is 10.0. The van der Waals surface area contributed by atoms with Gasteiger partial charge in [0.2, 0.25) is 0 Å². The molecule has 82 valence electrons. The number of likely N-dealkylation sites (tertiary alicyclic amines) is 1. The van der Waals surface area contributed by atoms with Crippen LogP contribution < -0.4 is 5.32 Å². The molecule has 5 nitrogen and oxygen atoms in total. The van der Waals surface area contributed by atoms with Crippen molar-refractivity contribution in [2.45, 2.75) is 19.4 Å². The zero-order chi connectivity index (χ0) is 11.4. The number of aliphatic carboxylic acids is 1. The average molecular weight is 210 g/mol. The van der Waals surface area contributed by atoms with E-state index in [9.17, 15) is 9.59 Å². The Kier molecular flexibility index (Phi) is 3.56. The van der Waals surface area contributed by atoms with E-state index in [0.29, 0.717) is 6.42 Å². The van der Waals surface area contributed by atoms with Gasteiger partial charge in [-0.05, 0) is 6.42 Å². The SMILES string of the molecule is C#CC(CC)NC(=O)N1CC(C(=O)O)C1. The van der Waals surface area contributed by atoms with Gasteiger partial charge in [-0.1, -0.05) is 12.8 Å². The number of amides is 2. The normalized spacial score (nSPS) is 17.5. The van der Waals surface area contributed by atoms with Crippen molar-refractivity contribution in [1.82, 2.24) is 10.2 Å². The van der Waals surface area contributed by atoms with Crippen LogP contribution in [0.2, 0.25) is 0 Å². The lowest BCUT2D eigenvalue weighted by Gasteiger charge is -2.37. The first-order valence-corrected chi connectivity index (χ1v) is 4.82. The molecule has 0 aliphatic carbocycles. The summed E-state index contributed by atoms with van der Waals surface area (Å²) in [6, 6.07) is -0.557. The van der Waals surface area contributed by atoms with Crippen LogP contribution in [0.25, 0.3) is 0 Å². The number of carboxylic acid groups (broad SMARTS) is 1. The number of carboxylic acids is 1. The van der Waals surface area contributed by atoms with Crippen LogP contribution in [0.5, 0.6) is 0 Å². The van der Waals surface area contributed by atoms with Gasteiger partial charge in [0.1, 0.15) is 0 Å². The highest BCUT2D eigenvalue weighted by Crippen LogP contribution is 2.15. The molecule has 0 aromatic carbocycles. The minimum absolute atomic E-state index is 0.266. The molecule has 0 radical (unpaired) electrons. The van der Waals surface area contributed by atoms with Crippen molar-refractivity contribution in [3.8, 4) is 12.3 Å². The van der Waals surface area contributed by atoms with E-state index in [1.165, 1.54) is 4.90 Å². The molecule has 2 amide bonds. The molecule has 5 heteroatoms. The molecular weight excluding hydrogens is 196 g/mol. The maximum atomic E-state index is 11.4. The van der Waals surface area contributed by atoms with Gasteiger partial charge in [0, 0.05) is 13.1 Å². The molecule has 0 bridgehead atoms. The summed E-state index contributed by atoms with van der Waals surface area (Å²) in [7, 11) is 0. The molecule has 1 rings (SSSR count). The Bertz CT molecular complexity index is 302. The molecule has 2 N–H and O–H groups in total. The average Bonchev–Trinajstić information content (AvgIpc) is 2.11. The second-order valence-corrected chi connectivity index (χ2v) is 3.52. The summed E-state index contributed by atoms with van der Waals surface area (Å²) in [6.45, 7) is 2.41. The molecule has 1 atom stereocenters. The zero-order valence-electron chi connectivity index (χ0n) is 8.56. The van der Waals surface area contributed by atoms with Crippen molar-refractivity contribution in [2.75, 3.05) is 13.1 Å². The van der Waals surface area contributed by atoms with Gasteiger partial charge >= 0.3 is 12.0 Å². The highest BCUT2D eigenvalue weighted by atomic mass is 16.4. The minimum atomic E-state index is -0.858. The number of nitrogens with one attached hydrogen (secondary N) is 1. The van der Waals surface area contributed by atoms with E-state index in [1.807, 2.05) is 6.92 Å². The van der Waals surface area contributed by atoms with E-state index >= 15 is 0 Å². The van der Waals surface area contributed by atoms with Gasteiger partial charge in [0.15, 0.2) is 0 Å². The van der Waals surface area contributed by atoms with Crippen molar-refractivity contribution >= 4 is 12.0 Å². The molecule has 0 aromatic heterocycles. The number of carbonyl (C=O) groups excluding carboxylic acids is 1. The van der Waals surface area contributed by atoms with E-state index < -0.39 is 11.9 Å². The molecule has 0 saturated carbocycles. The van der Waals surface area contributed by atoms with E-state index in [0.717, 1.165) is 0 Å². The third-order valence-electron chi connectivity index (χ3n) is 2.43. The van der Waals surface area contributed by atoms with Gasteiger partial charge in [0.25, 0.3) is 0 Å². The minimum Gasteiger partial charge on any atom is -0.481 e. The summed E-state index contributed by atoms with van der Waals surface area (Å²) in [6.07, 6.45) is 5.85. The molecule has 1 unspecified atom stereocenters. The Balaban J connectivity index is 2.33. The summed E-state index contributed by atoms with van der Waals surface area (Å²) < 4.78 is 0. The Morgan fingerprint density at radius 3 is 2.67 bits per heavy atom. The fourth-order valence-electron chi connectivity index (χ4n) is 1.30. The van der Waals surface area contributed by atoms with Gasteiger partial charge < -0.3 is 15.3 Å². The predicted octanol–water partition coefficient (Wildman–Crippen LogP) is 0.124. The van der Waals surface area contributed by atoms with Crippen LogP contribution >= 0.6 is 0 Å². The molecule has 1 aliphatic rings. The second kappa shape index (κ2) is 4.69. The monoisotopic (exact) mass is 210 g/mol. The van der Waals surface area contributed by atoms with E-state index in [1.54, 1.807) is 0 Å². The van der Waals surface area contributed by atoms with E-state index in [-0.39, 0.29) is 25.2 Å². The molecule has 1 heterocycles. The van der Waals surface area contributed by atoms with Gasteiger partial charge in [-0.3, -0.25) is 4.79 Å². The quantitative estimate of drug-likeness (QED) is 0.650. The molecule has 15 heavy (non-hydrogen) atoms. The number of hydrogen-bond donors (Lipinski definition) is 2. The van der Waals surface area contributed by atoms with Crippen LogP contribution in [0, 0.1) is 18.3 Å².